The van der Waals surface area contributed by atoms with E-state index in [1.165, 1.54) is 11.1 Å². The largest absolute Gasteiger partial charge is 0.383 e. The second-order valence-corrected chi connectivity index (χ2v) is 4.61. The molecule has 3 nitrogen and oxygen atoms in total. The Bertz CT molecular complexity index is 393. The molecule has 0 bridgehead atoms. The average Bonchev–Trinajstić information content (AvgIpc) is 2.25. The maximum atomic E-state index is 5.25. The summed E-state index contributed by atoms with van der Waals surface area (Å²) in [5.41, 5.74) is 3.52. The van der Waals surface area contributed by atoms with E-state index in [-0.39, 0.29) is 6.04 Å². The Hall–Kier alpha value is -1.13. The zero-order valence-corrected chi connectivity index (χ0v) is 11.6. The molecule has 1 aromatic rings. The molecule has 17 heavy (non-hydrogen) atoms. The first-order valence-electron chi connectivity index (χ1n) is 5.67. The molecule has 1 aromatic carbocycles. The first-order valence-corrected chi connectivity index (χ1v) is 6.08. The number of hydrogen-bond acceptors (Lipinski definition) is 2. The second kappa shape index (κ2) is 6.57. The smallest absolute Gasteiger partial charge is 0.171 e. The Morgan fingerprint density at radius 3 is 2.76 bits per heavy atom. The molecule has 4 heteroatoms. The third kappa shape index (κ3) is 4.32. The Kier molecular flexibility index (Phi) is 5.38. The van der Waals surface area contributed by atoms with Gasteiger partial charge in [0, 0.05) is 18.8 Å². The predicted octanol–water partition coefficient (Wildman–Crippen LogP) is 2.62. The van der Waals surface area contributed by atoms with Gasteiger partial charge in [0.2, 0.25) is 0 Å². The summed E-state index contributed by atoms with van der Waals surface area (Å²) in [4.78, 5) is 0. The monoisotopic (exact) mass is 252 g/mol. The van der Waals surface area contributed by atoms with Crippen LogP contribution in [0.2, 0.25) is 0 Å². The summed E-state index contributed by atoms with van der Waals surface area (Å²) in [6, 6.07) is 6.33. The molecular formula is C13H20N2OS. The number of nitrogens with one attached hydrogen (secondary N) is 2. The van der Waals surface area contributed by atoms with Crippen molar-refractivity contribution in [3.05, 3.63) is 29.3 Å². The lowest BCUT2D eigenvalue weighted by atomic mass is 10.1. The Morgan fingerprint density at radius 1 is 1.41 bits per heavy atom. The van der Waals surface area contributed by atoms with Crippen LogP contribution < -0.4 is 10.6 Å². The van der Waals surface area contributed by atoms with Crippen molar-refractivity contribution in [3.63, 3.8) is 0 Å². The number of benzene rings is 1. The fraction of sp³-hybridized carbons (Fsp3) is 0.462. The van der Waals surface area contributed by atoms with Crippen molar-refractivity contribution in [3.8, 4) is 0 Å². The highest BCUT2D eigenvalue weighted by Gasteiger charge is 2.05. The van der Waals surface area contributed by atoms with E-state index < -0.39 is 0 Å². The van der Waals surface area contributed by atoms with Crippen molar-refractivity contribution >= 4 is 23.0 Å². The molecule has 1 atom stereocenters. The van der Waals surface area contributed by atoms with Crippen LogP contribution in [-0.2, 0) is 4.74 Å². The van der Waals surface area contributed by atoms with Crippen molar-refractivity contribution in [2.24, 2.45) is 0 Å². The van der Waals surface area contributed by atoms with Crippen LogP contribution in [0.1, 0.15) is 18.1 Å². The summed E-state index contributed by atoms with van der Waals surface area (Å²) >= 11 is 5.25. The highest BCUT2D eigenvalue weighted by atomic mass is 32.1. The average molecular weight is 252 g/mol. The van der Waals surface area contributed by atoms with Gasteiger partial charge in [-0.15, -0.1) is 0 Å². The van der Waals surface area contributed by atoms with E-state index in [1.807, 2.05) is 19.1 Å². The SMILES string of the molecule is COC[C@@H](C)NC(=S)Nc1cccc(C)c1C. The standard InChI is InChI=1S/C13H20N2OS/c1-9-6-5-7-12(11(9)3)15-13(17)14-10(2)8-16-4/h5-7,10H,8H2,1-4H3,(H2,14,15,17)/t10-/m1/s1. The van der Waals surface area contributed by atoms with Gasteiger partial charge in [-0.25, -0.2) is 0 Å². The first kappa shape index (κ1) is 13.9. The summed E-state index contributed by atoms with van der Waals surface area (Å²) in [5, 5.41) is 7.00. The Labute approximate surface area is 109 Å². The van der Waals surface area contributed by atoms with E-state index in [0.717, 1.165) is 5.69 Å². The number of rotatable bonds is 4. The maximum absolute atomic E-state index is 5.25. The molecule has 0 amide bonds. The van der Waals surface area contributed by atoms with Gasteiger partial charge in [0.05, 0.1) is 6.61 Å². The molecule has 0 unspecified atom stereocenters. The van der Waals surface area contributed by atoms with Gasteiger partial charge in [-0.1, -0.05) is 12.1 Å². The molecule has 0 saturated heterocycles. The summed E-state index contributed by atoms with van der Waals surface area (Å²) in [5.74, 6) is 0. The lowest BCUT2D eigenvalue weighted by Crippen LogP contribution is -2.38. The fourth-order valence-corrected chi connectivity index (χ4v) is 1.87. The van der Waals surface area contributed by atoms with Gasteiger partial charge < -0.3 is 15.4 Å². The maximum Gasteiger partial charge on any atom is 0.171 e. The molecule has 1 rings (SSSR count). The predicted molar refractivity (Wildman–Crippen MR) is 76.6 cm³/mol. The molecule has 0 aliphatic rings. The van der Waals surface area contributed by atoms with Crippen molar-refractivity contribution in [1.82, 2.24) is 5.32 Å². The van der Waals surface area contributed by atoms with Crippen LogP contribution in [0.3, 0.4) is 0 Å². The van der Waals surface area contributed by atoms with Crippen LogP contribution in [0.15, 0.2) is 18.2 Å². The Morgan fingerprint density at radius 2 is 2.12 bits per heavy atom. The Balaban J connectivity index is 2.59. The van der Waals surface area contributed by atoms with E-state index in [1.54, 1.807) is 7.11 Å². The zero-order chi connectivity index (χ0) is 12.8. The lowest BCUT2D eigenvalue weighted by Gasteiger charge is -2.17. The van der Waals surface area contributed by atoms with Gasteiger partial charge in [0.25, 0.3) is 0 Å². The zero-order valence-electron chi connectivity index (χ0n) is 10.8. The van der Waals surface area contributed by atoms with Crippen LogP contribution in [0, 0.1) is 13.8 Å². The minimum absolute atomic E-state index is 0.199. The number of thiocarbonyl (C=S) groups is 1. The third-order valence-corrected chi connectivity index (χ3v) is 2.87. The number of methoxy groups -OCH3 is 1. The summed E-state index contributed by atoms with van der Waals surface area (Å²) in [7, 11) is 1.68. The molecule has 0 radical (unpaired) electrons. The summed E-state index contributed by atoms with van der Waals surface area (Å²) in [6.07, 6.45) is 0. The van der Waals surface area contributed by atoms with E-state index in [4.69, 9.17) is 17.0 Å². The van der Waals surface area contributed by atoms with Gasteiger partial charge >= 0.3 is 0 Å². The molecule has 0 heterocycles. The molecule has 0 aliphatic heterocycles. The summed E-state index contributed by atoms with van der Waals surface area (Å²) < 4.78 is 5.05. The van der Waals surface area contributed by atoms with Crippen LogP contribution in [0.5, 0.6) is 0 Å². The quantitative estimate of drug-likeness (QED) is 0.807. The molecule has 0 fully saturated rings. The van der Waals surface area contributed by atoms with Crippen LogP contribution in [-0.4, -0.2) is 24.9 Å². The molecule has 0 aliphatic carbocycles. The number of anilines is 1. The molecule has 94 valence electrons. The topological polar surface area (TPSA) is 33.3 Å². The van der Waals surface area contributed by atoms with Crippen molar-refractivity contribution in [2.45, 2.75) is 26.8 Å². The molecule has 0 spiro atoms. The van der Waals surface area contributed by atoms with Gasteiger partial charge in [-0.3, -0.25) is 0 Å². The number of ether oxygens (including phenoxy) is 1. The van der Waals surface area contributed by atoms with Gasteiger partial charge in [0.1, 0.15) is 0 Å². The lowest BCUT2D eigenvalue weighted by molar-refractivity contribution is 0.179. The van der Waals surface area contributed by atoms with Crippen molar-refractivity contribution in [2.75, 3.05) is 19.0 Å². The van der Waals surface area contributed by atoms with Crippen LogP contribution in [0.4, 0.5) is 5.69 Å². The van der Waals surface area contributed by atoms with E-state index in [0.29, 0.717) is 11.7 Å². The minimum Gasteiger partial charge on any atom is -0.383 e. The van der Waals surface area contributed by atoms with Gasteiger partial charge in [-0.2, -0.15) is 0 Å². The highest BCUT2D eigenvalue weighted by Crippen LogP contribution is 2.17. The molecule has 0 aromatic heterocycles. The number of aryl methyl sites for hydroxylation is 1. The molecule has 0 saturated carbocycles. The second-order valence-electron chi connectivity index (χ2n) is 4.20. The van der Waals surface area contributed by atoms with Crippen LogP contribution in [0.25, 0.3) is 0 Å². The van der Waals surface area contributed by atoms with Crippen molar-refractivity contribution in [1.29, 1.82) is 0 Å². The van der Waals surface area contributed by atoms with Gasteiger partial charge in [0.15, 0.2) is 5.11 Å². The first-order chi connectivity index (χ1) is 8.04. The third-order valence-electron chi connectivity index (χ3n) is 2.65. The normalized spacial score (nSPS) is 12.0. The molecule has 2 N–H and O–H groups in total. The fourth-order valence-electron chi connectivity index (χ4n) is 1.56. The molecular weight excluding hydrogens is 232 g/mol. The highest BCUT2D eigenvalue weighted by molar-refractivity contribution is 7.80. The summed E-state index contributed by atoms with van der Waals surface area (Å²) in [6.45, 7) is 6.83. The van der Waals surface area contributed by atoms with Gasteiger partial charge in [-0.05, 0) is 50.2 Å². The van der Waals surface area contributed by atoms with Crippen molar-refractivity contribution < 1.29 is 4.74 Å². The number of hydrogen-bond donors (Lipinski definition) is 2. The van der Waals surface area contributed by atoms with E-state index in [9.17, 15) is 0 Å². The minimum atomic E-state index is 0.199. The van der Waals surface area contributed by atoms with E-state index >= 15 is 0 Å². The van der Waals surface area contributed by atoms with E-state index in [2.05, 4.69) is 30.5 Å². The van der Waals surface area contributed by atoms with Crippen LogP contribution >= 0.6 is 12.2 Å².